The molecule has 0 radical (unpaired) electrons. The van der Waals surface area contributed by atoms with Gasteiger partial charge >= 0.3 is 0 Å². The van der Waals surface area contributed by atoms with Crippen LogP contribution in [0.15, 0.2) is 18.2 Å². The van der Waals surface area contributed by atoms with E-state index in [1.54, 1.807) is 0 Å². The van der Waals surface area contributed by atoms with Gasteiger partial charge in [-0.05, 0) is 56.2 Å². The number of hydrogen-bond acceptors (Lipinski definition) is 2. The van der Waals surface area contributed by atoms with Crippen molar-refractivity contribution < 1.29 is 13.5 Å². The van der Waals surface area contributed by atoms with Gasteiger partial charge in [-0.25, -0.2) is 8.78 Å². The number of rotatable bonds is 4. The lowest BCUT2D eigenvalue weighted by molar-refractivity contribution is -0.0897. The van der Waals surface area contributed by atoms with Crippen molar-refractivity contribution in [3.05, 3.63) is 35.4 Å². The van der Waals surface area contributed by atoms with Crippen molar-refractivity contribution in [3.63, 3.8) is 0 Å². The second-order valence-electron chi connectivity index (χ2n) is 5.86. The fraction of sp³-hybridized carbons (Fsp3) is 0.625. The second-order valence-corrected chi connectivity index (χ2v) is 5.86. The molecule has 1 aliphatic rings. The Morgan fingerprint density at radius 1 is 1.25 bits per heavy atom. The number of hydrogen-bond donors (Lipinski definition) is 1. The Morgan fingerprint density at radius 3 is 2.30 bits per heavy atom. The monoisotopic (exact) mass is 283 g/mol. The first-order valence-corrected chi connectivity index (χ1v) is 7.32. The summed E-state index contributed by atoms with van der Waals surface area (Å²) in [5, 5.41) is 0. The molecule has 0 heterocycles. The van der Waals surface area contributed by atoms with E-state index in [9.17, 15) is 8.78 Å². The Morgan fingerprint density at radius 2 is 1.80 bits per heavy atom. The lowest BCUT2D eigenvalue weighted by atomic mass is 9.73. The van der Waals surface area contributed by atoms with Gasteiger partial charge in [-0.15, -0.1) is 0 Å². The van der Waals surface area contributed by atoms with Gasteiger partial charge in [-0.2, -0.15) is 0 Å². The van der Waals surface area contributed by atoms with Gasteiger partial charge in [-0.1, -0.05) is 6.92 Å². The van der Waals surface area contributed by atoms with E-state index in [1.807, 2.05) is 6.92 Å². The zero-order valence-corrected chi connectivity index (χ0v) is 12.2. The fourth-order valence-corrected chi connectivity index (χ4v) is 3.14. The van der Waals surface area contributed by atoms with Crippen LogP contribution in [0.1, 0.15) is 51.1 Å². The Bertz CT molecular complexity index is 436. The number of halogens is 2. The summed E-state index contributed by atoms with van der Waals surface area (Å²) in [7, 11) is 0. The van der Waals surface area contributed by atoms with E-state index in [-0.39, 0.29) is 0 Å². The summed E-state index contributed by atoms with van der Waals surface area (Å²) in [5.41, 5.74) is 6.29. The van der Waals surface area contributed by atoms with Crippen LogP contribution in [0.2, 0.25) is 0 Å². The molecule has 20 heavy (non-hydrogen) atoms. The van der Waals surface area contributed by atoms with Gasteiger partial charge in [-0.3, -0.25) is 0 Å². The summed E-state index contributed by atoms with van der Waals surface area (Å²) in [5.74, 6) is -0.530. The van der Waals surface area contributed by atoms with Crippen LogP contribution in [0.25, 0.3) is 0 Å². The lowest BCUT2D eigenvalue weighted by Gasteiger charge is -2.43. The van der Waals surface area contributed by atoms with Crippen molar-refractivity contribution in [1.29, 1.82) is 0 Å². The van der Waals surface area contributed by atoms with Gasteiger partial charge in [0.15, 0.2) is 0 Å². The first-order chi connectivity index (χ1) is 9.47. The Hall–Kier alpha value is -1.00. The SMILES string of the molecule is CCOC1(C(N)c2cc(F)cc(F)c2)CCC(C)CC1. The molecule has 0 bridgehead atoms. The predicted octanol–water partition coefficient (Wildman–Crippen LogP) is 3.95. The molecule has 1 atom stereocenters. The minimum absolute atomic E-state index is 0.477. The maximum Gasteiger partial charge on any atom is 0.126 e. The Balaban J connectivity index is 2.28. The highest BCUT2D eigenvalue weighted by atomic mass is 19.1. The zero-order chi connectivity index (χ0) is 14.8. The summed E-state index contributed by atoms with van der Waals surface area (Å²) in [6.07, 6.45) is 3.74. The molecule has 4 heteroatoms. The number of ether oxygens (including phenoxy) is 1. The number of nitrogens with two attached hydrogens (primary N) is 1. The maximum absolute atomic E-state index is 13.4. The molecule has 1 unspecified atom stereocenters. The maximum atomic E-state index is 13.4. The van der Waals surface area contributed by atoms with Crippen LogP contribution in [0.4, 0.5) is 8.78 Å². The van der Waals surface area contributed by atoms with Gasteiger partial charge in [0.25, 0.3) is 0 Å². The summed E-state index contributed by atoms with van der Waals surface area (Å²) in [6, 6.07) is 2.99. The molecular weight excluding hydrogens is 260 g/mol. The molecule has 0 spiro atoms. The highest BCUT2D eigenvalue weighted by Gasteiger charge is 2.41. The topological polar surface area (TPSA) is 35.2 Å². The first kappa shape index (κ1) is 15.4. The smallest absolute Gasteiger partial charge is 0.126 e. The van der Waals surface area contributed by atoms with Gasteiger partial charge in [0, 0.05) is 12.7 Å². The van der Waals surface area contributed by atoms with Crippen molar-refractivity contribution in [2.75, 3.05) is 6.61 Å². The molecule has 1 aromatic rings. The standard InChI is InChI=1S/C16H23F2NO/c1-3-20-16(6-4-11(2)5-7-16)15(19)12-8-13(17)10-14(18)9-12/h8-11,15H,3-7,19H2,1-2H3. The summed E-state index contributed by atoms with van der Waals surface area (Å²) in [4.78, 5) is 0. The average molecular weight is 283 g/mol. The molecule has 0 aromatic heterocycles. The highest BCUT2D eigenvalue weighted by molar-refractivity contribution is 5.24. The van der Waals surface area contributed by atoms with Crippen LogP contribution in [0, 0.1) is 17.6 Å². The molecule has 2 rings (SSSR count). The number of benzene rings is 1. The molecule has 2 nitrogen and oxygen atoms in total. The van der Waals surface area contributed by atoms with Crippen LogP contribution in [-0.2, 0) is 4.74 Å². The molecule has 0 amide bonds. The van der Waals surface area contributed by atoms with Crippen molar-refractivity contribution in [1.82, 2.24) is 0 Å². The van der Waals surface area contributed by atoms with E-state index >= 15 is 0 Å². The first-order valence-electron chi connectivity index (χ1n) is 7.32. The molecule has 1 aromatic carbocycles. The normalized spacial score (nSPS) is 28.4. The largest absolute Gasteiger partial charge is 0.373 e. The van der Waals surface area contributed by atoms with Crippen molar-refractivity contribution >= 4 is 0 Å². The second kappa shape index (κ2) is 6.19. The third-order valence-electron chi connectivity index (χ3n) is 4.36. The van der Waals surface area contributed by atoms with Crippen molar-refractivity contribution in [3.8, 4) is 0 Å². The van der Waals surface area contributed by atoms with Crippen molar-refractivity contribution in [2.24, 2.45) is 11.7 Å². The highest BCUT2D eigenvalue weighted by Crippen LogP contribution is 2.42. The van der Waals surface area contributed by atoms with Crippen LogP contribution < -0.4 is 5.73 Å². The minimum Gasteiger partial charge on any atom is -0.373 e. The van der Waals surface area contributed by atoms with E-state index in [2.05, 4.69) is 6.92 Å². The van der Waals surface area contributed by atoms with Gasteiger partial charge in [0.1, 0.15) is 11.6 Å². The lowest BCUT2D eigenvalue weighted by Crippen LogP contribution is -2.46. The summed E-state index contributed by atoms with van der Waals surface area (Å²) >= 11 is 0. The molecular formula is C16H23F2NO. The third kappa shape index (κ3) is 3.18. The molecule has 0 saturated heterocycles. The van der Waals surface area contributed by atoms with E-state index in [0.717, 1.165) is 31.7 Å². The molecule has 112 valence electrons. The predicted molar refractivity (Wildman–Crippen MR) is 75.3 cm³/mol. The van der Waals surface area contributed by atoms with Gasteiger partial charge < -0.3 is 10.5 Å². The fourth-order valence-electron chi connectivity index (χ4n) is 3.14. The Labute approximate surface area is 119 Å². The molecule has 0 aliphatic heterocycles. The van der Waals surface area contributed by atoms with Crippen molar-refractivity contribution in [2.45, 2.75) is 51.2 Å². The zero-order valence-electron chi connectivity index (χ0n) is 12.2. The van der Waals surface area contributed by atoms with E-state index in [4.69, 9.17) is 10.5 Å². The van der Waals surface area contributed by atoms with Crippen LogP contribution in [0.5, 0.6) is 0 Å². The molecule has 1 aliphatic carbocycles. The quantitative estimate of drug-likeness (QED) is 0.908. The minimum atomic E-state index is -0.591. The summed E-state index contributed by atoms with van der Waals surface area (Å²) < 4.78 is 32.7. The van der Waals surface area contributed by atoms with E-state index in [0.29, 0.717) is 18.1 Å². The molecule has 2 N–H and O–H groups in total. The average Bonchev–Trinajstić information content (AvgIpc) is 2.40. The van der Waals surface area contributed by atoms with Crippen LogP contribution >= 0.6 is 0 Å². The van der Waals surface area contributed by atoms with Gasteiger partial charge in [0.2, 0.25) is 0 Å². The Kier molecular flexibility index (Phi) is 4.76. The van der Waals surface area contributed by atoms with Crippen LogP contribution in [0.3, 0.4) is 0 Å². The van der Waals surface area contributed by atoms with Gasteiger partial charge in [0.05, 0.1) is 11.6 Å². The summed E-state index contributed by atoms with van der Waals surface area (Å²) in [6.45, 7) is 4.70. The van der Waals surface area contributed by atoms with E-state index in [1.165, 1.54) is 12.1 Å². The van der Waals surface area contributed by atoms with Crippen LogP contribution in [-0.4, -0.2) is 12.2 Å². The molecule has 1 saturated carbocycles. The third-order valence-corrected chi connectivity index (χ3v) is 4.36. The van der Waals surface area contributed by atoms with E-state index < -0.39 is 23.3 Å². The molecule has 1 fully saturated rings.